The van der Waals surface area contributed by atoms with E-state index in [1.165, 1.54) is 18.2 Å². The number of halogens is 1. The lowest BCUT2D eigenvalue weighted by atomic mass is 10.0. The van der Waals surface area contributed by atoms with Gasteiger partial charge in [-0.3, -0.25) is 0 Å². The molecule has 0 aliphatic heterocycles. The van der Waals surface area contributed by atoms with Crippen molar-refractivity contribution in [2.75, 3.05) is 0 Å². The largest absolute Gasteiger partial charge is 0.475 e. The molecule has 1 heterocycles. The summed E-state index contributed by atoms with van der Waals surface area (Å²) in [4.78, 5) is 10.7. The molecule has 1 N–H and O–H groups in total. The highest BCUT2D eigenvalue weighted by atomic mass is 19.1. The van der Waals surface area contributed by atoms with E-state index in [-0.39, 0.29) is 11.6 Å². The van der Waals surface area contributed by atoms with Gasteiger partial charge in [-0.2, -0.15) is 0 Å². The Bertz CT molecular complexity index is 561. The normalized spacial score (nSPS) is 10.5. The van der Waals surface area contributed by atoms with Gasteiger partial charge in [0.05, 0.1) is 0 Å². The van der Waals surface area contributed by atoms with Crippen LogP contribution < -0.4 is 0 Å². The van der Waals surface area contributed by atoms with Crippen LogP contribution in [0.1, 0.15) is 21.7 Å². The van der Waals surface area contributed by atoms with Crippen LogP contribution in [0, 0.1) is 19.7 Å². The first-order valence-corrected chi connectivity index (χ1v) is 5.09. The van der Waals surface area contributed by atoms with Crippen molar-refractivity contribution in [2.45, 2.75) is 13.8 Å². The lowest BCUT2D eigenvalue weighted by molar-refractivity contribution is 0.0663. The SMILES string of the molecule is Cc1cc(F)cc(C)c1-c1ccc(C(=O)O)o1. The molecule has 0 bridgehead atoms. The predicted molar refractivity (Wildman–Crippen MR) is 60.5 cm³/mol. The van der Waals surface area contributed by atoms with Gasteiger partial charge in [0.15, 0.2) is 0 Å². The molecule has 0 aliphatic rings. The summed E-state index contributed by atoms with van der Waals surface area (Å²) in [6, 6.07) is 5.76. The summed E-state index contributed by atoms with van der Waals surface area (Å²) < 4.78 is 18.3. The van der Waals surface area contributed by atoms with Crippen LogP contribution in [0.25, 0.3) is 11.3 Å². The number of carbonyl (C=O) groups is 1. The number of carboxylic acids is 1. The molecule has 2 aromatic rings. The second-order valence-corrected chi connectivity index (χ2v) is 3.88. The standard InChI is InChI=1S/C13H11FO3/c1-7-5-9(14)6-8(2)12(7)10-3-4-11(17-10)13(15)16/h3-6H,1-2H3,(H,15,16). The topological polar surface area (TPSA) is 50.4 Å². The number of carboxylic acid groups (broad SMARTS) is 1. The number of aromatic carboxylic acids is 1. The molecule has 1 aromatic carbocycles. The van der Waals surface area contributed by atoms with Gasteiger partial charge < -0.3 is 9.52 Å². The number of hydrogen-bond donors (Lipinski definition) is 1. The van der Waals surface area contributed by atoms with Crippen molar-refractivity contribution in [3.05, 3.63) is 47.0 Å². The predicted octanol–water partition coefficient (Wildman–Crippen LogP) is 3.40. The highest BCUT2D eigenvalue weighted by molar-refractivity contribution is 5.85. The van der Waals surface area contributed by atoms with Crippen LogP contribution in [0.2, 0.25) is 0 Å². The zero-order chi connectivity index (χ0) is 12.6. The van der Waals surface area contributed by atoms with Gasteiger partial charge in [-0.05, 0) is 49.2 Å². The van der Waals surface area contributed by atoms with Crippen molar-refractivity contribution < 1.29 is 18.7 Å². The van der Waals surface area contributed by atoms with Crippen LogP contribution >= 0.6 is 0 Å². The van der Waals surface area contributed by atoms with E-state index in [0.29, 0.717) is 16.9 Å². The molecule has 2 rings (SSSR count). The molecule has 0 radical (unpaired) electrons. The smallest absolute Gasteiger partial charge is 0.371 e. The van der Waals surface area contributed by atoms with Crippen molar-refractivity contribution in [3.63, 3.8) is 0 Å². The molecule has 0 amide bonds. The Balaban J connectivity index is 2.56. The van der Waals surface area contributed by atoms with Gasteiger partial charge in [0.1, 0.15) is 11.6 Å². The molecule has 0 aliphatic carbocycles. The molecule has 88 valence electrons. The fourth-order valence-electron chi connectivity index (χ4n) is 1.89. The maximum atomic E-state index is 13.1. The zero-order valence-electron chi connectivity index (χ0n) is 9.45. The van der Waals surface area contributed by atoms with Gasteiger partial charge in [-0.1, -0.05) is 0 Å². The fraction of sp³-hybridized carbons (Fsp3) is 0.154. The van der Waals surface area contributed by atoms with Gasteiger partial charge in [0.2, 0.25) is 5.76 Å². The monoisotopic (exact) mass is 234 g/mol. The first-order valence-electron chi connectivity index (χ1n) is 5.09. The maximum Gasteiger partial charge on any atom is 0.371 e. The van der Waals surface area contributed by atoms with Gasteiger partial charge in [-0.15, -0.1) is 0 Å². The maximum absolute atomic E-state index is 13.1. The lowest BCUT2D eigenvalue weighted by Crippen LogP contribution is -1.92. The van der Waals surface area contributed by atoms with E-state index in [1.54, 1.807) is 19.9 Å². The summed E-state index contributed by atoms with van der Waals surface area (Å²) in [6.45, 7) is 3.52. The van der Waals surface area contributed by atoms with Gasteiger partial charge in [-0.25, -0.2) is 9.18 Å². The molecule has 0 saturated heterocycles. The molecule has 4 heteroatoms. The second-order valence-electron chi connectivity index (χ2n) is 3.88. The summed E-state index contributed by atoms with van der Waals surface area (Å²) in [7, 11) is 0. The minimum absolute atomic E-state index is 0.122. The van der Waals surface area contributed by atoms with Crippen molar-refractivity contribution in [1.29, 1.82) is 0 Å². The van der Waals surface area contributed by atoms with Crippen molar-refractivity contribution in [2.24, 2.45) is 0 Å². The van der Waals surface area contributed by atoms with Crippen LogP contribution in [-0.2, 0) is 0 Å². The number of aryl methyl sites for hydroxylation is 2. The van der Waals surface area contributed by atoms with Crippen LogP contribution in [0.3, 0.4) is 0 Å². The van der Waals surface area contributed by atoms with E-state index in [9.17, 15) is 9.18 Å². The Labute approximate surface area is 97.5 Å². The molecule has 3 nitrogen and oxygen atoms in total. The molecule has 0 unspecified atom stereocenters. The summed E-state index contributed by atoms with van der Waals surface area (Å²) in [5.41, 5.74) is 2.17. The fourth-order valence-corrected chi connectivity index (χ4v) is 1.89. The zero-order valence-corrected chi connectivity index (χ0v) is 9.45. The third-order valence-corrected chi connectivity index (χ3v) is 2.56. The molecule has 0 atom stereocenters. The Morgan fingerprint density at radius 2 is 1.82 bits per heavy atom. The first-order chi connectivity index (χ1) is 7.99. The van der Waals surface area contributed by atoms with E-state index >= 15 is 0 Å². The van der Waals surface area contributed by atoms with Crippen molar-refractivity contribution in [1.82, 2.24) is 0 Å². The van der Waals surface area contributed by atoms with Gasteiger partial charge in [0.25, 0.3) is 0 Å². The van der Waals surface area contributed by atoms with Crippen LogP contribution in [0.5, 0.6) is 0 Å². The van der Waals surface area contributed by atoms with Crippen molar-refractivity contribution in [3.8, 4) is 11.3 Å². The average molecular weight is 234 g/mol. The van der Waals surface area contributed by atoms with Gasteiger partial charge >= 0.3 is 5.97 Å². The number of benzene rings is 1. The highest BCUT2D eigenvalue weighted by Gasteiger charge is 2.14. The number of furan rings is 1. The van der Waals surface area contributed by atoms with E-state index in [4.69, 9.17) is 9.52 Å². The minimum Gasteiger partial charge on any atom is -0.475 e. The number of hydrogen-bond acceptors (Lipinski definition) is 2. The lowest BCUT2D eigenvalue weighted by Gasteiger charge is -2.07. The molecule has 0 fully saturated rings. The van der Waals surface area contributed by atoms with Crippen LogP contribution in [0.4, 0.5) is 4.39 Å². The molecule has 17 heavy (non-hydrogen) atoms. The Morgan fingerprint density at radius 1 is 1.24 bits per heavy atom. The molecular formula is C13H11FO3. The third-order valence-electron chi connectivity index (χ3n) is 2.56. The number of rotatable bonds is 2. The van der Waals surface area contributed by atoms with Crippen LogP contribution in [-0.4, -0.2) is 11.1 Å². The van der Waals surface area contributed by atoms with E-state index in [0.717, 1.165) is 5.56 Å². The second kappa shape index (κ2) is 4.05. The Morgan fingerprint density at radius 3 is 2.29 bits per heavy atom. The summed E-state index contributed by atoms with van der Waals surface area (Å²) in [5.74, 6) is -1.11. The third kappa shape index (κ3) is 2.06. The van der Waals surface area contributed by atoms with E-state index in [1.807, 2.05) is 0 Å². The Kier molecular flexibility index (Phi) is 2.71. The molecule has 0 saturated carbocycles. The molecule has 0 spiro atoms. The summed E-state index contributed by atoms with van der Waals surface area (Å²) in [5, 5.41) is 8.77. The van der Waals surface area contributed by atoms with Crippen molar-refractivity contribution >= 4 is 5.97 Å². The average Bonchev–Trinajstić information content (AvgIpc) is 2.65. The van der Waals surface area contributed by atoms with E-state index in [2.05, 4.69) is 0 Å². The van der Waals surface area contributed by atoms with Crippen LogP contribution in [0.15, 0.2) is 28.7 Å². The summed E-state index contributed by atoms with van der Waals surface area (Å²) in [6.07, 6.45) is 0. The minimum atomic E-state index is -1.12. The highest BCUT2D eigenvalue weighted by Crippen LogP contribution is 2.29. The first kappa shape index (κ1) is 11.4. The Hall–Kier alpha value is -2.10. The molecule has 1 aromatic heterocycles. The van der Waals surface area contributed by atoms with Gasteiger partial charge in [0, 0.05) is 5.56 Å². The summed E-state index contributed by atoms with van der Waals surface area (Å²) >= 11 is 0. The van der Waals surface area contributed by atoms with E-state index < -0.39 is 5.97 Å². The quantitative estimate of drug-likeness (QED) is 0.866. The molecular weight excluding hydrogens is 223 g/mol.